The molecule has 0 aromatic heterocycles. The lowest BCUT2D eigenvalue weighted by Gasteiger charge is -2.09. The molecule has 0 unspecified atom stereocenters. The van der Waals surface area contributed by atoms with Crippen LogP contribution in [0.25, 0.3) is 0 Å². The number of hydrogen-bond acceptors (Lipinski definition) is 3. The van der Waals surface area contributed by atoms with Crippen molar-refractivity contribution in [2.24, 2.45) is 0 Å². The number of aryl methyl sites for hydroxylation is 1. The highest BCUT2D eigenvalue weighted by atomic mass is 35.5. The van der Waals surface area contributed by atoms with Crippen LogP contribution in [0.4, 0.5) is 10.1 Å². The molecule has 0 spiro atoms. The molecule has 0 fully saturated rings. The number of carbonyl (C=O) groups is 1. The van der Waals surface area contributed by atoms with E-state index in [1.165, 1.54) is 31.4 Å². The zero-order valence-electron chi connectivity index (χ0n) is 11.0. The molecule has 0 heterocycles. The minimum Gasteiger partial charge on any atom is -0.497 e. The zero-order chi connectivity index (χ0) is 14.9. The monoisotopic (exact) mass is 293 g/mol. The molecule has 0 bridgehead atoms. The molecule has 5 heteroatoms. The van der Waals surface area contributed by atoms with Crippen molar-refractivity contribution in [1.29, 1.82) is 0 Å². The number of methoxy groups -OCH3 is 1. The van der Waals surface area contributed by atoms with E-state index in [1.54, 1.807) is 13.0 Å². The van der Waals surface area contributed by atoms with Crippen LogP contribution < -0.4 is 10.5 Å². The first-order valence-corrected chi connectivity index (χ1v) is 6.25. The highest BCUT2D eigenvalue weighted by Gasteiger charge is 2.19. The van der Waals surface area contributed by atoms with Gasteiger partial charge in [-0.1, -0.05) is 11.6 Å². The van der Waals surface area contributed by atoms with Crippen molar-refractivity contribution in [2.75, 3.05) is 12.8 Å². The van der Waals surface area contributed by atoms with E-state index in [4.69, 9.17) is 22.1 Å². The van der Waals surface area contributed by atoms with E-state index in [0.717, 1.165) is 0 Å². The third-order valence-electron chi connectivity index (χ3n) is 2.94. The normalized spacial score (nSPS) is 10.4. The first kappa shape index (κ1) is 14.3. The van der Waals surface area contributed by atoms with Gasteiger partial charge in [-0.3, -0.25) is 4.79 Å². The zero-order valence-corrected chi connectivity index (χ0v) is 11.8. The molecule has 104 valence electrons. The standard InChI is InChI=1S/C15H13ClFNO2/c1-8-5-9(18)6-12(14(8)17)15(19)11-4-3-10(20-2)7-13(11)16/h3-7H,18H2,1-2H3. The van der Waals surface area contributed by atoms with Gasteiger partial charge in [-0.15, -0.1) is 0 Å². The van der Waals surface area contributed by atoms with E-state index in [9.17, 15) is 9.18 Å². The Hall–Kier alpha value is -2.07. The van der Waals surface area contributed by atoms with Crippen molar-refractivity contribution >= 4 is 23.1 Å². The van der Waals surface area contributed by atoms with E-state index in [1.807, 2.05) is 0 Å². The third-order valence-corrected chi connectivity index (χ3v) is 3.26. The van der Waals surface area contributed by atoms with Gasteiger partial charge < -0.3 is 10.5 Å². The molecule has 0 amide bonds. The Morgan fingerprint density at radius 2 is 1.95 bits per heavy atom. The molecule has 0 atom stereocenters. The van der Waals surface area contributed by atoms with Crippen LogP contribution in [0.15, 0.2) is 30.3 Å². The maximum absolute atomic E-state index is 14.1. The van der Waals surface area contributed by atoms with Gasteiger partial charge in [0.25, 0.3) is 0 Å². The van der Waals surface area contributed by atoms with Crippen LogP contribution in [0.3, 0.4) is 0 Å². The Morgan fingerprint density at radius 3 is 2.55 bits per heavy atom. The molecule has 2 aromatic rings. The maximum Gasteiger partial charge on any atom is 0.197 e. The van der Waals surface area contributed by atoms with Gasteiger partial charge in [0.1, 0.15) is 11.6 Å². The molecule has 2 rings (SSSR count). The van der Waals surface area contributed by atoms with Crippen molar-refractivity contribution < 1.29 is 13.9 Å². The molecule has 0 aliphatic rings. The second-order valence-corrected chi connectivity index (χ2v) is 4.78. The molecule has 3 nitrogen and oxygen atoms in total. The second kappa shape index (κ2) is 5.51. The van der Waals surface area contributed by atoms with Crippen molar-refractivity contribution in [2.45, 2.75) is 6.92 Å². The molecular formula is C15H13ClFNO2. The third kappa shape index (κ3) is 2.60. The lowest BCUT2D eigenvalue weighted by molar-refractivity contribution is 0.103. The van der Waals surface area contributed by atoms with Gasteiger partial charge in [-0.05, 0) is 42.8 Å². The van der Waals surface area contributed by atoms with Crippen molar-refractivity contribution in [3.05, 3.63) is 57.9 Å². The molecule has 0 aliphatic carbocycles. The highest BCUT2D eigenvalue weighted by molar-refractivity contribution is 6.35. The van der Waals surface area contributed by atoms with Crippen LogP contribution in [0, 0.1) is 12.7 Å². The number of benzene rings is 2. The van der Waals surface area contributed by atoms with E-state index in [-0.39, 0.29) is 16.1 Å². The van der Waals surface area contributed by atoms with E-state index in [2.05, 4.69) is 0 Å². The van der Waals surface area contributed by atoms with Gasteiger partial charge >= 0.3 is 0 Å². The van der Waals surface area contributed by atoms with E-state index in [0.29, 0.717) is 17.0 Å². The minimum atomic E-state index is -0.587. The molecular weight excluding hydrogens is 281 g/mol. The number of ether oxygens (including phenoxy) is 1. The minimum absolute atomic E-state index is 0.0884. The van der Waals surface area contributed by atoms with Crippen molar-refractivity contribution in [1.82, 2.24) is 0 Å². The summed E-state index contributed by atoms with van der Waals surface area (Å²) in [5.41, 5.74) is 6.42. The maximum atomic E-state index is 14.1. The van der Waals surface area contributed by atoms with Crippen LogP contribution in [0.1, 0.15) is 21.5 Å². The Morgan fingerprint density at radius 1 is 1.25 bits per heavy atom. The molecule has 0 radical (unpaired) electrons. The van der Waals surface area contributed by atoms with Gasteiger partial charge in [0, 0.05) is 11.3 Å². The number of nitrogens with two attached hydrogens (primary N) is 1. The van der Waals surface area contributed by atoms with Crippen molar-refractivity contribution in [3.8, 4) is 5.75 Å². The fourth-order valence-electron chi connectivity index (χ4n) is 1.91. The van der Waals surface area contributed by atoms with Crippen LogP contribution in [0.5, 0.6) is 5.75 Å². The fourth-order valence-corrected chi connectivity index (χ4v) is 2.17. The van der Waals surface area contributed by atoms with Gasteiger partial charge in [-0.25, -0.2) is 4.39 Å². The summed E-state index contributed by atoms with van der Waals surface area (Å²) in [6.45, 7) is 1.55. The summed E-state index contributed by atoms with van der Waals surface area (Å²) in [4.78, 5) is 12.4. The summed E-state index contributed by atoms with van der Waals surface area (Å²) >= 11 is 6.03. The summed E-state index contributed by atoms with van der Waals surface area (Å²) in [6.07, 6.45) is 0. The highest BCUT2D eigenvalue weighted by Crippen LogP contribution is 2.27. The first-order chi connectivity index (χ1) is 9.43. The topological polar surface area (TPSA) is 52.3 Å². The summed E-state index contributed by atoms with van der Waals surface area (Å²) in [5, 5.41) is 0.203. The SMILES string of the molecule is COc1ccc(C(=O)c2cc(N)cc(C)c2F)c(Cl)c1. The molecule has 0 aliphatic heterocycles. The predicted octanol–water partition coefficient (Wildman–Crippen LogP) is 3.61. The lowest BCUT2D eigenvalue weighted by Crippen LogP contribution is -2.07. The van der Waals surface area contributed by atoms with Crippen molar-refractivity contribution in [3.63, 3.8) is 0 Å². The molecule has 0 saturated heterocycles. The van der Waals surface area contributed by atoms with E-state index >= 15 is 0 Å². The smallest absolute Gasteiger partial charge is 0.197 e. The van der Waals surface area contributed by atoms with E-state index < -0.39 is 11.6 Å². The first-order valence-electron chi connectivity index (χ1n) is 5.88. The van der Waals surface area contributed by atoms with Gasteiger partial charge in [0.2, 0.25) is 0 Å². The predicted molar refractivity (Wildman–Crippen MR) is 77.0 cm³/mol. The molecule has 0 saturated carbocycles. The summed E-state index contributed by atoms with van der Waals surface area (Å²) in [6, 6.07) is 7.39. The Bertz CT molecular complexity index is 686. The molecule has 2 aromatic carbocycles. The summed E-state index contributed by atoms with van der Waals surface area (Å²) in [7, 11) is 1.49. The number of rotatable bonds is 3. The van der Waals surface area contributed by atoms with Gasteiger partial charge in [0.05, 0.1) is 17.7 Å². The Labute approximate surface area is 121 Å². The molecule has 2 N–H and O–H groups in total. The number of halogens is 2. The Balaban J connectivity index is 2.52. The van der Waals surface area contributed by atoms with Crippen LogP contribution in [-0.2, 0) is 0 Å². The quantitative estimate of drug-likeness (QED) is 0.695. The number of anilines is 1. The average molecular weight is 294 g/mol. The lowest BCUT2D eigenvalue weighted by atomic mass is 10.00. The second-order valence-electron chi connectivity index (χ2n) is 4.37. The fraction of sp³-hybridized carbons (Fsp3) is 0.133. The summed E-state index contributed by atoms with van der Waals surface area (Å²) < 4.78 is 19.1. The average Bonchev–Trinajstić information content (AvgIpc) is 2.41. The van der Waals surface area contributed by atoms with Crippen LogP contribution in [-0.4, -0.2) is 12.9 Å². The summed E-state index contributed by atoms with van der Waals surface area (Å²) in [5.74, 6) is -0.572. The number of nitrogen functional groups attached to an aromatic ring is 1. The van der Waals surface area contributed by atoms with Crippen LogP contribution in [0.2, 0.25) is 5.02 Å². The van der Waals surface area contributed by atoms with Crippen LogP contribution >= 0.6 is 11.6 Å². The number of ketones is 1. The largest absolute Gasteiger partial charge is 0.497 e. The number of carbonyl (C=O) groups excluding carboxylic acids is 1. The van der Waals surface area contributed by atoms with Gasteiger partial charge in [-0.2, -0.15) is 0 Å². The molecule has 20 heavy (non-hydrogen) atoms. The number of hydrogen-bond donors (Lipinski definition) is 1. The van der Waals surface area contributed by atoms with Gasteiger partial charge in [0.15, 0.2) is 5.78 Å². The Kier molecular flexibility index (Phi) is 3.95.